The normalized spacial score (nSPS) is 23.3. The number of aryl methyl sites for hydroxylation is 1. The van der Waals surface area contributed by atoms with Crippen LogP contribution in [0, 0.1) is 12.8 Å². The maximum Gasteiger partial charge on any atom is 0.306 e. The van der Waals surface area contributed by atoms with E-state index in [0.717, 1.165) is 48.4 Å². The molecule has 2 unspecified atom stereocenters. The number of hydrogen-bond acceptors (Lipinski definition) is 2. The molecule has 3 nitrogen and oxygen atoms in total. The lowest BCUT2D eigenvalue weighted by Crippen LogP contribution is -2.36. The van der Waals surface area contributed by atoms with Crippen molar-refractivity contribution in [1.29, 1.82) is 0 Å². The molecule has 0 aliphatic heterocycles. The first kappa shape index (κ1) is 14.4. The standard InChI is InChI=1S/C15H20ClNO2/c1-10-5-6-11(7-14(10)16)9-17-13-4-2-3-12(8-13)15(18)19/h5-7,12-13,17H,2-4,8-9H2,1H3,(H,18,19). The van der Waals surface area contributed by atoms with Crippen molar-refractivity contribution in [3.05, 3.63) is 34.3 Å². The highest BCUT2D eigenvalue weighted by molar-refractivity contribution is 6.31. The van der Waals surface area contributed by atoms with Crippen LogP contribution in [0.3, 0.4) is 0 Å². The molecule has 0 radical (unpaired) electrons. The number of aliphatic carboxylic acids is 1. The number of hydrogen-bond donors (Lipinski definition) is 2. The van der Waals surface area contributed by atoms with Gasteiger partial charge in [0.2, 0.25) is 0 Å². The Morgan fingerprint density at radius 3 is 2.95 bits per heavy atom. The van der Waals surface area contributed by atoms with E-state index in [-0.39, 0.29) is 5.92 Å². The average molecular weight is 282 g/mol. The molecule has 1 aliphatic rings. The second-order valence-electron chi connectivity index (χ2n) is 5.36. The monoisotopic (exact) mass is 281 g/mol. The van der Waals surface area contributed by atoms with Gasteiger partial charge in [0.15, 0.2) is 0 Å². The summed E-state index contributed by atoms with van der Waals surface area (Å²) in [5.74, 6) is -0.849. The van der Waals surface area contributed by atoms with Crippen LogP contribution in [0.2, 0.25) is 5.02 Å². The average Bonchev–Trinajstić information content (AvgIpc) is 2.40. The van der Waals surface area contributed by atoms with Crippen molar-refractivity contribution in [3.63, 3.8) is 0 Å². The van der Waals surface area contributed by atoms with Gasteiger partial charge in [-0.05, 0) is 43.4 Å². The third kappa shape index (κ3) is 3.95. The predicted molar refractivity (Wildman–Crippen MR) is 76.4 cm³/mol. The van der Waals surface area contributed by atoms with Crippen molar-refractivity contribution in [3.8, 4) is 0 Å². The third-order valence-electron chi connectivity index (χ3n) is 3.85. The van der Waals surface area contributed by atoms with Gasteiger partial charge >= 0.3 is 5.97 Å². The molecular weight excluding hydrogens is 262 g/mol. The number of rotatable bonds is 4. The first-order valence-electron chi connectivity index (χ1n) is 6.77. The maximum absolute atomic E-state index is 11.0. The van der Waals surface area contributed by atoms with E-state index in [9.17, 15) is 4.79 Å². The van der Waals surface area contributed by atoms with E-state index < -0.39 is 5.97 Å². The Labute approximate surface area is 119 Å². The smallest absolute Gasteiger partial charge is 0.306 e. The van der Waals surface area contributed by atoms with Crippen LogP contribution >= 0.6 is 11.6 Å². The second kappa shape index (κ2) is 6.40. The van der Waals surface area contributed by atoms with Crippen molar-refractivity contribution in [1.82, 2.24) is 5.32 Å². The minimum Gasteiger partial charge on any atom is -0.481 e. The van der Waals surface area contributed by atoms with Crippen LogP contribution in [-0.4, -0.2) is 17.1 Å². The fraction of sp³-hybridized carbons (Fsp3) is 0.533. The van der Waals surface area contributed by atoms with Crippen LogP contribution < -0.4 is 5.32 Å². The van der Waals surface area contributed by atoms with E-state index in [1.165, 1.54) is 0 Å². The summed E-state index contributed by atoms with van der Waals surface area (Å²) in [6, 6.07) is 6.35. The molecule has 2 rings (SSSR count). The summed E-state index contributed by atoms with van der Waals surface area (Å²) < 4.78 is 0. The minimum atomic E-state index is -0.662. The Morgan fingerprint density at radius 2 is 2.26 bits per heavy atom. The number of halogens is 1. The molecule has 0 aromatic heterocycles. The summed E-state index contributed by atoms with van der Waals surface area (Å²) >= 11 is 6.09. The lowest BCUT2D eigenvalue weighted by atomic mass is 9.86. The van der Waals surface area contributed by atoms with Crippen molar-refractivity contribution >= 4 is 17.6 Å². The molecule has 0 amide bonds. The maximum atomic E-state index is 11.0. The Bertz CT molecular complexity index is 461. The molecule has 0 saturated heterocycles. The Morgan fingerprint density at radius 1 is 1.47 bits per heavy atom. The van der Waals surface area contributed by atoms with Crippen molar-refractivity contribution in [2.24, 2.45) is 5.92 Å². The number of carbonyl (C=O) groups is 1. The molecule has 1 aliphatic carbocycles. The van der Waals surface area contributed by atoms with Gasteiger partial charge in [0.05, 0.1) is 5.92 Å². The molecular formula is C15H20ClNO2. The quantitative estimate of drug-likeness (QED) is 0.889. The van der Waals surface area contributed by atoms with Gasteiger partial charge in [-0.15, -0.1) is 0 Å². The second-order valence-corrected chi connectivity index (χ2v) is 5.77. The van der Waals surface area contributed by atoms with E-state index in [2.05, 4.69) is 11.4 Å². The van der Waals surface area contributed by atoms with Crippen LogP contribution in [0.4, 0.5) is 0 Å². The third-order valence-corrected chi connectivity index (χ3v) is 4.26. The van der Waals surface area contributed by atoms with Gasteiger partial charge in [0, 0.05) is 17.6 Å². The molecule has 0 bridgehead atoms. The first-order chi connectivity index (χ1) is 9.06. The molecule has 0 heterocycles. The molecule has 4 heteroatoms. The topological polar surface area (TPSA) is 49.3 Å². The largest absolute Gasteiger partial charge is 0.481 e. The number of carboxylic acid groups (broad SMARTS) is 1. The highest BCUT2D eigenvalue weighted by Crippen LogP contribution is 2.25. The van der Waals surface area contributed by atoms with E-state index in [4.69, 9.17) is 16.7 Å². The summed E-state index contributed by atoms with van der Waals surface area (Å²) in [5, 5.41) is 13.3. The Balaban J connectivity index is 1.87. The lowest BCUT2D eigenvalue weighted by molar-refractivity contribution is -0.143. The molecule has 2 atom stereocenters. The molecule has 0 spiro atoms. The molecule has 1 aromatic carbocycles. The van der Waals surface area contributed by atoms with Gasteiger partial charge in [0.1, 0.15) is 0 Å². The molecule has 1 saturated carbocycles. The van der Waals surface area contributed by atoms with Crippen molar-refractivity contribution < 1.29 is 9.90 Å². The zero-order valence-corrected chi connectivity index (χ0v) is 11.9. The summed E-state index contributed by atoms with van der Waals surface area (Å²) in [4.78, 5) is 11.0. The van der Waals surface area contributed by atoms with Gasteiger partial charge in [-0.25, -0.2) is 0 Å². The van der Waals surface area contributed by atoms with Gasteiger partial charge in [0.25, 0.3) is 0 Å². The number of nitrogens with one attached hydrogen (secondary N) is 1. The van der Waals surface area contributed by atoms with Gasteiger partial charge in [-0.2, -0.15) is 0 Å². The van der Waals surface area contributed by atoms with Gasteiger partial charge < -0.3 is 10.4 Å². The highest BCUT2D eigenvalue weighted by Gasteiger charge is 2.26. The number of benzene rings is 1. The van der Waals surface area contributed by atoms with Crippen LogP contribution in [0.1, 0.15) is 36.8 Å². The molecule has 19 heavy (non-hydrogen) atoms. The van der Waals surface area contributed by atoms with E-state index in [0.29, 0.717) is 6.04 Å². The lowest BCUT2D eigenvalue weighted by Gasteiger charge is -2.27. The predicted octanol–water partition coefficient (Wildman–Crippen LogP) is 3.38. The zero-order valence-electron chi connectivity index (χ0n) is 11.2. The van der Waals surface area contributed by atoms with Crippen LogP contribution in [0.5, 0.6) is 0 Å². The van der Waals surface area contributed by atoms with Crippen LogP contribution in [0.15, 0.2) is 18.2 Å². The van der Waals surface area contributed by atoms with Crippen molar-refractivity contribution in [2.75, 3.05) is 0 Å². The Kier molecular flexibility index (Phi) is 4.83. The minimum absolute atomic E-state index is 0.187. The van der Waals surface area contributed by atoms with Crippen molar-refractivity contribution in [2.45, 2.75) is 45.2 Å². The molecule has 2 N–H and O–H groups in total. The van der Waals surface area contributed by atoms with Gasteiger partial charge in [-0.3, -0.25) is 4.79 Å². The fourth-order valence-corrected chi connectivity index (χ4v) is 2.81. The summed E-state index contributed by atoms with van der Waals surface area (Å²) in [5.41, 5.74) is 2.22. The highest BCUT2D eigenvalue weighted by atomic mass is 35.5. The summed E-state index contributed by atoms with van der Waals surface area (Å²) in [6.07, 6.45) is 3.59. The van der Waals surface area contributed by atoms with E-state index >= 15 is 0 Å². The SMILES string of the molecule is Cc1ccc(CNC2CCCC(C(=O)O)C2)cc1Cl. The van der Waals surface area contributed by atoms with E-state index in [1.54, 1.807) is 0 Å². The van der Waals surface area contributed by atoms with Crippen LogP contribution in [0.25, 0.3) is 0 Å². The zero-order chi connectivity index (χ0) is 13.8. The summed E-state index contributed by atoms with van der Waals surface area (Å²) in [6.45, 7) is 2.73. The Hall–Kier alpha value is -1.06. The fourth-order valence-electron chi connectivity index (χ4n) is 2.61. The number of carboxylic acids is 1. The summed E-state index contributed by atoms with van der Waals surface area (Å²) in [7, 11) is 0. The van der Waals surface area contributed by atoms with E-state index in [1.807, 2.05) is 19.1 Å². The molecule has 1 fully saturated rings. The van der Waals surface area contributed by atoms with Gasteiger partial charge in [-0.1, -0.05) is 30.2 Å². The molecule has 1 aromatic rings. The first-order valence-corrected chi connectivity index (χ1v) is 7.15. The molecule has 104 valence electrons. The van der Waals surface area contributed by atoms with Crippen LogP contribution in [-0.2, 0) is 11.3 Å².